The minimum Gasteiger partial charge on any atom is -0.349 e. The number of nitrogens with two attached hydrogens (primary N) is 1. The number of aryl methyl sites for hydroxylation is 1. The highest BCUT2D eigenvalue weighted by Crippen LogP contribution is 2.00. The summed E-state index contributed by atoms with van der Waals surface area (Å²) in [5, 5.41) is 10.3. The van der Waals surface area contributed by atoms with Gasteiger partial charge in [-0.2, -0.15) is 0 Å². The number of rotatable bonds is 3. The van der Waals surface area contributed by atoms with Crippen LogP contribution in [0.5, 0.6) is 0 Å². The van der Waals surface area contributed by atoms with Gasteiger partial charge in [0, 0.05) is 7.05 Å². The molecule has 0 atom stereocenters. The molecule has 1 aromatic rings. The average Bonchev–Trinajstić information content (AvgIpc) is 2.44. The van der Waals surface area contributed by atoms with Crippen molar-refractivity contribution in [1.29, 1.82) is 0 Å². The highest BCUT2D eigenvalue weighted by atomic mass is 16.1. The molecule has 0 aromatic carbocycles. The van der Waals surface area contributed by atoms with Gasteiger partial charge in [-0.3, -0.25) is 9.48 Å². The minimum absolute atomic E-state index is 0.000685. The number of hydrogen-bond acceptors (Lipinski definition) is 4. The molecule has 0 bridgehead atoms. The monoisotopic (exact) mass is 183 g/mol. The lowest BCUT2D eigenvalue weighted by molar-refractivity contribution is -0.119. The van der Waals surface area contributed by atoms with Crippen LogP contribution in [0.4, 0.5) is 0 Å². The van der Waals surface area contributed by atoms with Gasteiger partial charge in [-0.25, -0.2) is 0 Å². The average molecular weight is 183 g/mol. The van der Waals surface area contributed by atoms with Gasteiger partial charge < -0.3 is 11.1 Å². The Bertz CT molecular complexity index is 306. The molecule has 13 heavy (non-hydrogen) atoms. The third-order valence-electron chi connectivity index (χ3n) is 1.84. The number of hydrogen-bond donors (Lipinski definition) is 2. The molecular formula is C7H13N5O. The van der Waals surface area contributed by atoms with Crippen molar-refractivity contribution in [2.75, 3.05) is 6.54 Å². The quantitative estimate of drug-likeness (QED) is 0.609. The maximum atomic E-state index is 10.8. The topological polar surface area (TPSA) is 85.8 Å². The van der Waals surface area contributed by atoms with Crippen molar-refractivity contribution < 1.29 is 4.79 Å². The van der Waals surface area contributed by atoms with Crippen molar-refractivity contribution >= 4 is 5.91 Å². The zero-order chi connectivity index (χ0) is 9.84. The first kappa shape index (κ1) is 9.66. The SMILES string of the molecule is Cc1c(CNC(=O)CN)nnn1C. The largest absolute Gasteiger partial charge is 0.349 e. The van der Waals surface area contributed by atoms with E-state index in [1.807, 2.05) is 6.92 Å². The summed E-state index contributed by atoms with van der Waals surface area (Å²) in [5.41, 5.74) is 6.84. The van der Waals surface area contributed by atoms with Crippen LogP contribution in [0.1, 0.15) is 11.4 Å². The first-order valence-electron chi connectivity index (χ1n) is 3.97. The fourth-order valence-corrected chi connectivity index (χ4v) is 0.865. The Kier molecular flexibility index (Phi) is 2.97. The molecule has 1 aromatic heterocycles. The summed E-state index contributed by atoms with van der Waals surface area (Å²) in [6.45, 7) is 2.28. The second-order valence-electron chi connectivity index (χ2n) is 2.73. The predicted molar refractivity (Wildman–Crippen MR) is 46.6 cm³/mol. The fourth-order valence-electron chi connectivity index (χ4n) is 0.865. The molecule has 0 aliphatic rings. The van der Waals surface area contributed by atoms with Crippen LogP contribution in [0, 0.1) is 6.92 Å². The van der Waals surface area contributed by atoms with Crippen LogP contribution in [0.3, 0.4) is 0 Å². The Balaban J connectivity index is 2.55. The Hall–Kier alpha value is -1.43. The molecule has 1 rings (SSSR count). The van der Waals surface area contributed by atoms with E-state index in [-0.39, 0.29) is 12.5 Å². The number of carbonyl (C=O) groups excluding carboxylic acids is 1. The van der Waals surface area contributed by atoms with E-state index in [4.69, 9.17) is 5.73 Å². The maximum absolute atomic E-state index is 10.8. The summed E-state index contributed by atoms with van der Waals surface area (Å²) >= 11 is 0. The molecule has 6 nitrogen and oxygen atoms in total. The first-order chi connectivity index (χ1) is 6.15. The van der Waals surface area contributed by atoms with Gasteiger partial charge in [-0.05, 0) is 6.92 Å². The number of aromatic nitrogens is 3. The Morgan fingerprint density at radius 2 is 2.38 bits per heavy atom. The number of amides is 1. The van der Waals surface area contributed by atoms with Crippen molar-refractivity contribution in [3.63, 3.8) is 0 Å². The van der Waals surface area contributed by atoms with Crippen LogP contribution in [0.25, 0.3) is 0 Å². The predicted octanol–water partition coefficient (Wildman–Crippen LogP) is -1.30. The van der Waals surface area contributed by atoms with Gasteiger partial charge in [0.1, 0.15) is 5.69 Å². The summed E-state index contributed by atoms with van der Waals surface area (Å²) in [7, 11) is 1.80. The van der Waals surface area contributed by atoms with E-state index in [1.54, 1.807) is 11.7 Å². The van der Waals surface area contributed by atoms with Gasteiger partial charge in [0.2, 0.25) is 5.91 Å². The van der Waals surface area contributed by atoms with Gasteiger partial charge in [-0.1, -0.05) is 5.21 Å². The van der Waals surface area contributed by atoms with E-state index in [0.29, 0.717) is 6.54 Å². The molecule has 0 radical (unpaired) electrons. The maximum Gasteiger partial charge on any atom is 0.234 e. The number of carbonyl (C=O) groups is 1. The molecule has 0 spiro atoms. The highest BCUT2D eigenvalue weighted by molar-refractivity contribution is 5.77. The van der Waals surface area contributed by atoms with Crippen LogP contribution in [-0.4, -0.2) is 27.4 Å². The second-order valence-corrected chi connectivity index (χ2v) is 2.73. The Labute approximate surface area is 76.1 Å². The third kappa shape index (κ3) is 2.25. The van der Waals surface area contributed by atoms with E-state index >= 15 is 0 Å². The molecule has 1 heterocycles. The van der Waals surface area contributed by atoms with E-state index in [9.17, 15) is 4.79 Å². The van der Waals surface area contributed by atoms with Crippen LogP contribution in [0.2, 0.25) is 0 Å². The molecule has 3 N–H and O–H groups in total. The van der Waals surface area contributed by atoms with Gasteiger partial charge in [-0.15, -0.1) is 5.10 Å². The Morgan fingerprint density at radius 1 is 1.69 bits per heavy atom. The zero-order valence-electron chi connectivity index (χ0n) is 7.74. The van der Waals surface area contributed by atoms with Crippen LogP contribution < -0.4 is 11.1 Å². The molecule has 0 unspecified atom stereocenters. The lowest BCUT2D eigenvalue weighted by Crippen LogP contribution is -2.30. The normalized spacial score (nSPS) is 10.1. The van der Waals surface area contributed by atoms with Crippen LogP contribution in [-0.2, 0) is 18.4 Å². The van der Waals surface area contributed by atoms with Crippen LogP contribution in [0.15, 0.2) is 0 Å². The van der Waals surface area contributed by atoms with Gasteiger partial charge >= 0.3 is 0 Å². The summed E-state index contributed by atoms with van der Waals surface area (Å²) < 4.78 is 1.66. The summed E-state index contributed by atoms with van der Waals surface area (Å²) in [6.07, 6.45) is 0. The molecule has 72 valence electrons. The zero-order valence-corrected chi connectivity index (χ0v) is 7.74. The fraction of sp³-hybridized carbons (Fsp3) is 0.571. The summed E-state index contributed by atoms with van der Waals surface area (Å²) in [5.74, 6) is -0.190. The van der Waals surface area contributed by atoms with Crippen molar-refractivity contribution in [3.8, 4) is 0 Å². The van der Waals surface area contributed by atoms with Gasteiger partial charge in [0.05, 0.1) is 18.8 Å². The molecular weight excluding hydrogens is 170 g/mol. The van der Waals surface area contributed by atoms with Crippen molar-refractivity contribution in [1.82, 2.24) is 20.3 Å². The second kappa shape index (κ2) is 3.99. The molecule has 1 amide bonds. The van der Waals surface area contributed by atoms with Crippen molar-refractivity contribution in [2.24, 2.45) is 12.8 Å². The van der Waals surface area contributed by atoms with E-state index in [1.165, 1.54) is 0 Å². The third-order valence-corrected chi connectivity index (χ3v) is 1.84. The van der Waals surface area contributed by atoms with Crippen LogP contribution >= 0.6 is 0 Å². The molecule has 0 fully saturated rings. The molecule has 6 heteroatoms. The molecule has 0 saturated carbocycles. The van der Waals surface area contributed by atoms with Crippen molar-refractivity contribution in [2.45, 2.75) is 13.5 Å². The van der Waals surface area contributed by atoms with E-state index in [0.717, 1.165) is 11.4 Å². The van der Waals surface area contributed by atoms with Gasteiger partial charge in [0.25, 0.3) is 0 Å². The lowest BCUT2D eigenvalue weighted by Gasteiger charge is -2.00. The number of nitrogens with zero attached hydrogens (tertiary/aromatic N) is 3. The van der Waals surface area contributed by atoms with Gasteiger partial charge in [0.15, 0.2) is 0 Å². The summed E-state index contributed by atoms with van der Waals surface area (Å²) in [6, 6.07) is 0. The summed E-state index contributed by atoms with van der Waals surface area (Å²) in [4.78, 5) is 10.8. The lowest BCUT2D eigenvalue weighted by atomic mass is 10.3. The first-order valence-corrected chi connectivity index (χ1v) is 3.97. The minimum atomic E-state index is -0.190. The molecule has 0 saturated heterocycles. The number of nitrogens with one attached hydrogen (secondary N) is 1. The van der Waals surface area contributed by atoms with Crippen molar-refractivity contribution in [3.05, 3.63) is 11.4 Å². The molecule has 0 aliphatic heterocycles. The molecule has 0 aliphatic carbocycles. The van der Waals surface area contributed by atoms with E-state index < -0.39 is 0 Å². The van der Waals surface area contributed by atoms with E-state index in [2.05, 4.69) is 15.6 Å². The smallest absolute Gasteiger partial charge is 0.234 e. The Morgan fingerprint density at radius 3 is 2.85 bits per heavy atom. The highest BCUT2D eigenvalue weighted by Gasteiger charge is 2.06. The standard InChI is InChI=1S/C7H13N5O/c1-5-6(10-11-12(5)2)4-9-7(13)3-8/h3-4,8H2,1-2H3,(H,9,13).